The third kappa shape index (κ3) is 7.37. The van der Waals surface area contributed by atoms with Crippen molar-refractivity contribution in [2.75, 3.05) is 46.4 Å². The van der Waals surface area contributed by atoms with Gasteiger partial charge in [0.15, 0.2) is 5.96 Å². The molecule has 0 bridgehead atoms. The molecular formula is C18H30N4O. The van der Waals surface area contributed by atoms with Crippen LogP contribution in [0.3, 0.4) is 0 Å². The number of para-hydroxylation sites is 1. The zero-order valence-corrected chi connectivity index (χ0v) is 14.3. The molecule has 0 atom stereocenters. The van der Waals surface area contributed by atoms with Gasteiger partial charge in [0.25, 0.3) is 0 Å². The summed E-state index contributed by atoms with van der Waals surface area (Å²) in [5.74, 6) is 1.75. The smallest absolute Gasteiger partial charge is 0.191 e. The molecule has 2 N–H and O–H groups in total. The summed E-state index contributed by atoms with van der Waals surface area (Å²) in [5.41, 5.74) is 0. The fourth-order valence-electron chi connectivity index (χ4n) is 2.77. The lowest BCUT2D eigenvalue weighted by atomic mass is 10.2. The second-order valence-corrected chi connectivity index (χ2v) is 5.84. The first-order valence-corrected chi connectivity index (χ1v) is 8.73. The summed E-state index contributed by atoms with van der Waals surface area (Å²) in [6, 6.07) is 9.88. The van der Waals surface area contributed by atoms with Gasteiger partial charge in [-0.1, -0.05) is 31.0 Å². The normalized spacial score (nSPS) is 16.7. The van der Waals surface area contributed by atoms with Gasteiger partial charge in [0.2, 0.25) is 0 Å². The van der Waals surface area contributed by atoms with Crippen LogP contribution < -0.4 is 15.4 Å². The Morgan fingerprint density at radius 2 is 1.74 bits per heavy atom. The first-order valence-electron chi connectivity index (χ1n) is 8.73. The average Bonchev–Trinajstić information content (AvgIpc) is 2.87. The Balaban J connectivity index is 1.56. The van der Waals surface area contributed by atoms with Gasteiger partial charge in [0.1, 0.15) is 12.4 Å². The van der Waals surface area contributed by atoms with Crippen molar-refractivity contribution in [2.45, 2.75) is 25.7 Å². The maximum atomic E-state index is 5.66. The number of guanidine groups is 1. The van der Waals surface area contributed by atoms with Gasteiger partial charge in [-0.25, -0.2) is 0 Å². The Morgan fingerprint density at radius 1 is 1.04 bits per heavy atom. The Bertz CT molecular complexity index is 442. The zero-order valence-electron chi connectivity index (χ0n) is 14.3. The van der Waals surface area contributed by atoms with Gasteiger partial charge in [0.05, 0.1) is 6.54 Å². The molecule has 1 fully saturated rings. The molecule has 1 aliphatic heterocycles. The molecule has 0 spiro atoms. The predicted molar refractivity (Wildman–Crippen MR) is 96.2 cm³/mol. The maximum Gasteiger partial charge on any atom is 0.191 e. The second-order valence-electron chi connectivity index (χ2n) is 5.84. The first kappa shape index (κ1) is 17.6. The van der Waals surface area contributed by atoms with Crippen molar-refractivity contribution in [1.29, 1.82) is 0 Å². The van der Waals surface area contributed by atoms with Gasteiger partial charge in [-0.2, -0.15) is 0 Å². The molecule has 0 aliphatic carbocycles. The van der Waals surface area contributed by atoms with Crippen LogP contribution in [-0.2, 0) is 0 Å². The minimum Gasteiger partial charge on any atom is -0.492 e. The van der Waals surface area contributed by atoms with E-state index in [1.54, 1.807) is 7.05 Å². The van der Waals surface area contributed by atoms with E-state index in [4.69, 9.17) is 4.74 Å². The molecular weight excluding hydrogens is 288 g/mol. The summed E-state index contributed by atoms with van der Waals surface area (Å²) in [5, 5.41) is 6.66. The van der Waals surface area contributed by atoms with E-state index in [2.05, 4.69) is 20.5 Å². The number of benzene rings is 1. The lowest BCUT2D eigenvalue weighted by molar-refractivity contribution is 0.289. The van der Waals surface area contributed by atoms with Crippen LogP contribution in [0.5, 0.6) is 5.75 Å². The third-order valence-electron chi connectivity index (χ3n) is 4.05. The fourth-order valence-corrected chi connectivity index (χ4v) is 2.77. The Labute approximate surface area is 140 Å². The van der Waals surface area contributed by atoms with Gasteiger partial charge >= 0.3 is 0 Å². The van der Waals surface area contributed by atoms with Crippen molar-refractivity contribution >= 4 is 5.96 Å². The Morgan fingerprint density at radius 3 is 2.43 bits per heavy atom. The molecule has 0 radical (unpaired) electrons. The molecule has 1 saturated heterocycles. The minimum absolute atomic E-state index is 0.622. The third-order valence-corrected chi connectivity index (χ3v) is 4.05. The Hall–Kier alpha value is -1.75. The quantitative estimate of drug-likeness (QED) is 0.459. The highest BCUT2D eigenvalue weighted by Crippen LogP contribution is 2.08. The van der Waals surface area contributed by atoms with Crippen LogP contribution in [-0.4, -0.2) is 57.2 Å². The van der Waals surface area contributed by atoms with Crippen molar-refractivity contribution in [3.05, 3.63) is 30.3 Å². The minimum atomic E-state index is 0.622. The molecule has 0 aromatic heterocycles. The zero-order chi connectivity index (χ0) is 16.2. The largest absolute Gasteiger partial charge is 0.492 e. The van der Waals surface area contributed by atoms with Crippen LogP contribution in [0, 0.1) is 0 Å². The lowest BCUT2D eigenvalue weighted by Gasteiger charge is -2.20. The molecule has 1 aromatic carbocycles. The summed E-state index contributed by atoms with van der Waals surface area (Å²) >= 11 is 0. The van der Waals surface area contributed by atoms with Crippen LogP contribution in [0.1, 0.15) is 25.7 Å². The number of hydrogen-bond acceptors (Lipinski definition) is 3. The van der Waals surface area contributed by atoms with E-state index in [1.165, 1.54) is 38.8 Å². The van der Waals surface area contributed by atoms with Crippen molar-refractivity contribution in [2.24, 2.45) is 4.99 Å². The molecule has 1 aliphatic rings. The van der Waals surface area contributed by atoms with E-state index in [0.29, 0.717) is 6.61 Å². The van der Waals surface area contributed by atoms with E-state index in [1.807, 2.05) is 30.3 Å². The van der Waals surface area contributed by atoms with Crippen LogP contribution >= 0.6 is 0 Å². The van der Waals surface area contributed by atoms with Gasteiger partial charge in [-0.15, -0.1) is 0 Å². The number of nitrogens with one attached hydrogen (secondary N) is 2. The molecule has 0 unspecified atom stereocenters. The summed E-state index contributed by atoms with van der Waals surface area (Å²) in [7, 11) is 1.80. The number of rotatable bonds is 7. The second kappa shape index (κ2) is 10.9. The summed E-state index contributed by atoms with van der Waals surface area (Å²) in [4.78, 5) is 6.80. The molecule has 1 aromatic rings. The van der Waals surface area contributed by atoms with Crippen LogP contribution in [0.2, 0.25) is 0 Å². The highest BCUT2D eigenvalue weighted by molar-refractivity contribution is 5.79. The molecule has 128 valence electrons. The van der Waals surface area contributed by atoms with Crippen molar-refractivity contribution < 1.29 is 4.74 Å². The van der Waals surface area contributed by atoms with E-state index >= 15 is 0 Å². The predicted octanol–water partition coefficient (Wildman–Crippen LogP) is 2.11. The number of hydrogen-bond donors (Lipinski definition) is 2. The summed E-state index contributed by atoms with van der Waals surface area (Å²) in [6.45, 7) is 5.84. The number of ether oxygens (including phenoxy) is 1. The highest BCUT2D eigenvalue weighted by Gasteiger charge is 2.08. The van der Waals surface area contributed by atoms with Crippen LogP contribution in [0.25, 0.3) is 0 Å². The molecule has 23 heavy (non-hydrogen) atoms. The van der Waals surface area contributed by atoms with E-state index in [0.717, 1.165) is 31.3 Å². The molecule has 2 rings (SSSR count). The summed E-state index contributed by atoms with van der Waals surface area (Å²) < 4.78 is 5.66. The Kier molecular flexibility index (Phi) is 8.33. The van der Waals surface area contributed by atoms with Crippen molar-refractivity contribution in [3.8, 4) is 5.75 Å². The molecule has 5 heteroatoms. The van der Waals surface area contributed by atoms with Crippen LogP contribution in [0.4, 0.5) is 0 Å². The maximum absolute atomic E-state index is 5.66. The standard InChI is InChI=1S/C18H30N4O/c1-19-18(20-11-15-22-13-7-2-3-8-14-22)21-12-16-23-17-9-5-4-6-10-17/h4-6,9-10H,2-3,7-8,11-16H2,1H3,(H2,19,20,21). The average molecular weight is 318 g/mol. The molecule has 1 heterocycles. The topological polar surface area (TPSA) is 48.9 Å². The van der Waals surface area contributed by atoms with Crippen molar-refractivity contribution in [3.63, 3.8) is 0 Å². The highest BCUT2D eigenvalue weighted by atomic mass is 16.5. The molecule has 0 amide bonds. The van der Waals surface area contributed by atoms with Crippen LogP contribution in [0.15, 0.2) is 35.3 Å². The van der Waals surface area contributed by atoms with Gasteiger partial charge < -0.3 is 20.3 Å². The van der Waals surface area contributed by atoms with Gasteiger partial charge in [-0.3, -0.25) is 4.99 Å². The monoisotopic (exact) mass is 318 g/mol. The number of aliphatic imine (C=N–C) groups is 1. The van der Waals surface area contributed by atoms with E-state index in [9.17, 15) is 0 Å². The SMILES string of the molecule is CN=C(NCCOc1ccccc1)NCCN1CCCCCC1. The number of nitrogens with zero attached hydrogens (tertiary/aromatic N) is 2. The van der Waals surface area contributed by atoms with E-state index in [-0.39, 0.29) is 0 Å². The van der Waals surface area contributed by atoms with Gasteiger partial charge in [0, 0.05) is 20.1 Å². The molecule has 5 nitrogen and oxygen atoms in total. The molecule has 0 saturated carbocycles. The first-order chi connectivity index (χ1) is 11.4. The fraction of sp³-hybridized carbons (Fsp3) is 0.611. The van der Waals surface area contributed by atoms with Crippen molar-refractivity contribution in [1.82, 2.24) is 15.5 Å². The van der Waals surface area contributed by atoms with Gasteiger partial charge in [-0.05, 0) is 38.1 Å². The lowest BCUT2D eigenvalue weighted by Crippen LogP contribution is -2.43. The number of likely N-dealkylation sites (tertiary alicyclic amines) is 1. The van der Waals surface area contributed by atoms with E-state index < -0.39 is 0 Å². The summed E-state index contributed by atoms with van der Waals surface area (Å²) in [6.07, 6.45) is 5.44.